The maximum atomic E-state index is 11.6. The number of carbonyl (C=O) groups excluding carboxylic acids is 3. The molecule has 10 nitrogen and oxygen atoms in total. The van der Waals surface area contributed by atoms with Crippen LogP contribution < -0.4 is 10.6 Å². The van der Waals surface area contributed by atoms with Crippen molar-refractivity contribution in [3.8, 4) is 0 Å². The number of likely N-dealkylation sites (N-methyl/N-ethyl adjacent to an activating group) is 2. The highest BCUT2D eigenvalue weighted by Gasteiger charge is 2.35. The van der Waals surface area contributed by atoms with Gasteiger partial charge in [0.05, 0.1) is 0 Å². The van der Waals surface area contributed by atoms with Crippen LogP contribution in [0.1, 0.15) is 53.4 Å². The maximum Gasteiger partial charge on any atom is 0.350 e. The third-order valence-corrected chi connectivity index (χ3v) is 4.49. The Balaban J connectivity index is 0.000000500. The molecule has 2 atom stereocenters. The van der Waals surface area contributed by atoms with Gasteiger partial charge in [0.25, 0.3) is 11.8 Å². The number of ether oxygens (including phenoxy) is 1. The Kier molecular flexibility index (Phi) is 13.9. The SMILES string of the molecule is C1CCOC1.CNC(C(=O)O)C(C)C.CNC(C(=O)ON1C(=O)CCC1=O)C(C)C. The van der Waals surface area contributed by atoms with Gasteiger partial charge in [0.15, 0.2) is 0 Å². The number of hydrogen-bond acceptors (Lipinski definition) is 8. The summed E-state index contributed by atoms with van der Waals surface area (Å²) in [6.45, 7) is 9.43. The van der Waals surface area contributed by atoms with Crippen molar-refractivity contribution in [2.45, 2.75) is 65.5 Å². The zero-order chi connectivity index (χ0) is 23.3. The highest BCUT2D eigenvalue weighted by molar-refractivity contribution is 6.01. The molecule has 2 unspecified atom stereocenters. The Morgan fingerprint density at radius 2 is 1.37 bits per heavy atom. The Morgan fingerprint density at radius 1 is 0.933 bits per heavy atom. The van der Waals surface area contributed by atoms with Crippen molar-refractivity contribution in [3.05, 3.63) is 0 Å². The van der Waals surface area contributed by atoms with Crippen LogP contribution in [0.3, 0.4) is 0 Å². The van der Waals surface area contributed by atoms with E-state index in [2.05, 4.69) is 10.6 Å². The molecule has 10 heteroatoms. The first kappa shape index (κ1) is 28.0. The first-order valence-corrected chi connectivity index (χ1v) is 10.3. The van der Waals surface area contributed by atoms with Crippen molar-refractivity contribution in [1.82, 2.24) is 15.7 Å². The largest absolute Gasteiger partial charge is 0.480 e. The van der Waals surface area contributed by atoms with Crippen LogP contribution in [-0.2, 0) is 28.8 Å². The van der Waals surface area contributed by atoms with E-state index >= 15 is 0 Å². The van der Waals surface area contributed by atoms with Crippen molar-refractivity contribution in [3.63, 3.8) is 0 Å². The van der Waals surface area contributed by atoms with E-state index in [1.54, 1.807) is 14.1 Å². The van der Waals surface area contributed by atoms with Gasteiger partial charge in [0.2, 0.25) is 0 Å². The molecule has 0 radical (unpaired) electrons. The molecule has 0 saturated carbocycles. The summed E-state index contributed by atoms with van der Waals surface area (Å²) >= 11 is 0. The molecule has 2 rings (SSSR count). The van der Waals surface area contributed by atoms with Crippen molar-refractivity contribution >= 4 is 23.8 Å². The molecule has 0 aliphatic carbocycles. The standard InChI is InChI=1S/C10H16N2O4.C6H13NO2.C4H8O/c1-6(2)9(11-3)10(15)16-12-7(13)4-5-8(12)14;1-4(2)5(7-3)6(8)9;1-2-4-5-3-1/h6,9,11H,4-5H2,1-3H3;4-5,7H,1-3H3,(H,8,9);1-4H2. The molecule has 3 N–H and O–H groups in total. The van der Waals surface area contributed by atoms with E-state index in [1.165, 1.54) is 12.8 Å². The van der Waals surface area contributed by atoms with E-state index in [0.717, 1.165) is 13.2 Å². The lowest BCUT2D eigenvalue weighted by Crippen LogP contribution is -2.44. The smallest absolute Gasteiger partial charge is 0.350 e. The van der Waals surface area contributed by atoms with Gasteiger partial charge in [0.1, 0.15) is 12.1 Å². The summed E-state index contributed by atoms with van der Waals surface area (Å²) in [5, 5.41) is 14.5. The molecule has 2 fully saturated rings. The molecular weight excluding hydrogens is 394 g/mol. The van der Waals surface area contributed by atoms with Crippen LogP contribution >= 0.6 is 0 Å². The van der Waals surface area contributed by atoms with Gasteiger partial charge in [-0.3, -0.25) is 14.4 Å². The number of carboxylic acid groups (broad SMARTS) is 1. The third kappa shape index (κ3) is 10.1. The molecule has 30 heavy (non-hydrogen) atoms. The Labute approximate surface area is 178 Å². The summed E-state index contributed by atoms with van der Waals surface area (Å²) in [6.07, 6.45) is 2.77. The second kappa shape index (κ2) is 14.9. The molecular formula is C20H37N3O7. The summed E-state index contributed by atoms with van der Waals surface area (Å²) < 4.78 is 4.94. The van der Waals surface area contributed by atoms with Gasteiger partial charge in [0, 0.05) is 26.1 Å². The first-order chi connectivity index (χ1) is 14.1. The van der Waals surface area contributed by atoms with Gasteiger partial charge in [-0.05, 0) is 38.8 Å². The van der Waals surface area contributed by atoms with Gasteiger partial charge in [-0.2, -0.15) is 0 Å². The number of carbonyl (C=O) groups is 4. The zero-order valence-corrected chi connectivity index (χ0v) is 18.9. The van der Waals surface area contributed by atoms with E-state index in [1.807, 2.05) is 27.7 Å². The monoisotopic (exact) mass is 431 g/mol. The van der Waals surface area contributed by atoms with Gasteiger partial charge in [-0.1, -0.05) is 27.7 Å². The molecule has 0 spiro atoms. The Hall–Kier alpha value is -2.04. The fraction of sp³-hybridized carbons (Fsp3) is 0.800. The predicted molar refractivity (Wildman–Crippen MR) is 110 cm³/mol. The number of carboxylic acids is 1. The van der Waals surface area contributed by atoms with Crippen LogP contribution in [0.5, 0.6) is 0 Å². The van der Waals surface area contributed by atoms with E-state index < -0.39 is 35.8 Å². The average molecular weight is 432 g/mol. The Bertz CT molecular complexity index is 539. The van der Waals surface area contributed by atoms with Crippen molar-refractivity contribution in [2.24, 2.45) is 11.8 Å². The molecule has 0 bridgehead atoms. The van der Waals surface area contributed by atoms with Crippen LogP contribution in [0.25, 0.3) is 0 Å². The Morgan fingerprint density at radius 3 is 1.60 bits per heavy atom. The summed E-state index contributed by atoms with van der Waals surface area (Å²) in [6, 6.07) is -0.939. The van der Waals surface area contributed by atoms with Crippen molar-refractivity contribution < 1.29 is 33.9 Å². The van der Waals surface area contributed by atoms with Crippen LogP contribution in [0.15, 0.2) is 0 Å². The van der Waals surface area contributed by atoms with E-state index in [9.17, 15) is 19.2 Å². The zero-order valence-electron chi connectivity index (χ0n) is 18.9. The molecule has 0 aromatic rings. The fourth-order valence-corrected chi connectivity index (χ4v) is 2.78. The van der Waals surface area contributed by atoms with Gasteiger partial charge >= 0.3 is 11.9 Å². The van der Waals surface area contributed by atoms with E-state index in [-0.39, 0.29) is 24.7 Å². The van der Waals surface area contributed by atoms with Crippen molar-refractivity contribution in [1.29, 1.82) is 0 Å². The highest BCUT2D eigenvalue weighted by Crippen LogP contribution is 2.14. The minimum atomic E-state index is -0.785. The highest BCUT2D eigenvalue weighted by atomic mass is 16.7. The first-order valence-electron chi connectivity index (χ1n) is 10.3. The van der Waals surface area contributed by atoms with Gasteiger partial charge < -0.3 is 25.3 Å². The second-order valence-electron chi connectivity index (χ2n) is 7.67. The number of amides is 2. The number of imide groups is 1. The normalized spacial score (nSPS) is 17.8. The van der Waals surface area contributed by atoms with Crippen LogP contribution in [0.4, 0.5) is 0 Å². The fourth-order valence-electron chi connectivity index (χ4n) is 2.78. The third-order valence-electron chi connectivity index (χ3n) is 4.49. The minimum absolute atomic E-state index is 0.0188. The molecule has 2 saturated heterocycles. The van der Waals surface area contributed by atoms with Gasteiger partial charge in [-0.15, -0.1) is 5.06 Å². The van der Waals surface area contributed by atoms with E-state index in [0.29, 0.717) is 5.06 Å². The molecule has 2 aliphatic rings. The number of nitrogens with one attached hydrogen (secondary N) is 2. The maximum absolute atomic E-state index is 11.6. The number of nitrogens with zero attached hydrogens (tertiary/aromatic N) is 1. The lowest BCUT2D eigenvalue weighted by molar-refractivity contribution is -0.199. The number of hydroxylamine groups is 2. The number of rotatable bonds is 7. The molecule has 2 aliphatic heterocycles. The number of aliphatic carboxylic acids is 1. The molecule has 2 amide bonds. The molecule has 2 heterocycles. The average Bonchev–Trinajstić information content (AvgIpc) is 3.32. The predicted octanol–water partition coefficient (Wildman–Crippen LogP) is 0.949. The van der Waals surface area contributed by atoms with Gasteiger partial charge in [-0.25, -0.2) is 4.79 Å². The molecule has 0 aromatic carbocycles. The molecule has 174 valence electrons. The molecule has 0 aromatic heterocycles. The lowest BCUT2D eigenvalue weighted by Gasteiger charge is -2.20. The lowest BCUT2D eigenvalue weighted by atomic mass is 10.1. The minimum Gasteiger partial charge on any atom is -0.480 e. The summed E-state index contributed by atoms with van der Waals surface area (Å²) in [5.41, 5.74) is 0. The summed E-state index contributed by atoms with van der Waals surface area (Å²) in [7, 11) is 3.28. The topological polar surface area (TPSA) is 134 Å². The summed E-state index contributed by atoms with van der Waals surface area (Å²) in [5.74, 6) is -2.15. The van der Waals surface area contributed by atoms with E-state index in [4.69, 9.17) is 14.7 Å². The second-order valence-corrected chi connectivity index (χ2v) is 7.67. The van der Waals surface area contributed by atoms with Crippen LogP contribution in [-0.4, -0.2) is 73.3 Å². The van der Waals surface area contributed by atoms with Crippen LogP contribution in [0, 0.1) is 11.8 Å². The van der Waals surface area contributed by atoms with Crippen molar-refractivity contribution in [2.75, 3.05) is 27.3 Å². The van der Waals surface area contributed by atoms with Crippen LogP contribution in [0.2, 0.25) is 0 Å². The quantitative estimate of drug-likeness (QED) is 0.504. The summed E-state index contributed by atoms with van der Waals surface area (Å²) in [4.78, 5) is 49.1. The number of hydrogen-bond donors (Lipinski definition) is 3.